The summed E-state index contributed by atoms with van der Waals surface area (Å²) in [6.07, 6.45) is 1.07. The lowest BCUT2D eigenvalue weighted by Crippen LogP contribution is -2.05. The summed E-state index contributed by atoms with van der Waals surface area (Å²) in [5.74, 6) is 2.00. The van der Waals surface area contributed by atoms with Crippen molar-refractivity contribution in [1.29, 1.82) is 0 Å². The molecule has 0 saturated heterocycles. The Balaban J connectivity index is 2.31. The van der Waals surface area contributed by atoms with Crippen LogP contribution in [-0.2, 0) is 6.42 Å². The zero-order chi connectivity index (χ0) is 16.3. The summed E-state index contributed by atoms with van der Waals surface area (Å²) < 4.78 is 5.35. The largest absolute Gasteiger partial charge is 0.497 e. The minimum Gasteiger partial charge on any atom is -0.497 e. The van der Waals surface area contributed by atoms with Crippen LogP contribution in [0.3, 0.4) is 0 Å². The lowest BCUT2D eigenvalue weighted by Gasteiger charge is -2.20. The van der Waals surface area contributed by atoms with Crippen molar-refractivity contribution in [2.75, 3.05) is 7.11 Å². The quantitative estimate of drug-likeness (QED) is 0.679. The fourth-order valence-corrected chi connectivity index (χ4v) is 3.22. The van der Waals surface area contributed by atoms with E-state index in [1.54, 1.807) is 7.11 Å². The monoisotopic (exact) mass is 296 g/mol. The van der Waals surface area contributed by atoms with Crippen LogP contribution in [0.5, 0.6) is 5.75 Å². The molecule has 1 heteroatoms. The van der Waals surface area contributed by atoms with Gasteiger partial charge in [0.25, 0.3) is 0 Å². The number of ether oxygens (including phenoxy) is 1. The number of hydrogen-bond acceptors (Lipinski definition) is 1. The average molecular weight is 296 g/mol. The maximum absolute atomic E-state index is 5.35. The smallest absolute Gasteiger partial charge is 0.119 e. The molecule has 2 aromatic carbocycles. The third-order valence-corrected chi connectivity index (χ3v) is 4.67. The molecule has 0 aliphatic rings. The zero-order valence-corrected chi connectivity index (χ0v) is 14.7. The summed E-state index contributed by atoms with van der Waals surface area (Å²) in [6.45, 7) is 11.3. The van der Waals surface area contributed by atoms with Crippen LogP contribution in [0.1, 0.15) is 60.4 Å². The van der Waals surface area contributed by atoms with Gasteiger partial charge < -0.3 is 4.74 Å². The molecule has 0 heterocycles. The Hall–Kier alpha value is -1.76. The fraction of sp³-hybridized carbons (Fsp3) is 0.429. The Kier molecular flexibility index (Phi) is 5.28. The van der Waals surface area contributed by atoms with Crippen molar-refractivity contribution in [3.8, 4) is 5.75 Å². The first-order valence-corrected chi connectivity index (χ1v) is 8.17. The van der Waals surface area contributed by atoms with Crippen LogP contribution in [0, 0.1) is 13.8 Å². The molecule has 0 amide bonds. The van der Waals surface area contributed by atoms with Crippen molar-refractivity contribution in [2.45, 2.75) is 52.9 Å². The normalized spacial score (nSPS) is 12.5. The Morgan fingerprint density at radius 1 is 1.00 bits per heavy atom. The standard InChI is InChI=1S/C21H28O/c1-14(2)20-11-10-15(3)21(17(20)5)12-16(4)18-8-7-9-19(13-18)22-6/h7-11,13-14,16H,12H2,1-6H3. The molecule has 1 atom stereocenters. The van der Waals surface area contributed by atoms with Gasteiger partial charge in [0.05, 0.1) is 7.11 Å². The highest BCUT2D eigenvalue weighted by atomic mass is 16.5. The van der Waals surface area contributed by atoms with E-state index >= 15 is 0 Å². The Morgan fingerprint density at radius 2 is 1.73 bits per heavy atom. The molecule has 0 saturated carbocycles. The first-order valence-electron chi connectivity index (χ1n) is 8.17. The van der Waals surface area contributed by atoms with Crippen molar-refractivity contribution < 1.29 is 4.74 Å². The lowest BCUT2D eigenvalue weighted by atomic mass is 9.85. The van der Waals surface area contributed by atoms with Crippen molar-refractivity contribution in [2.24, 2.45) is 0 Å². The SMILES string of the molecule is COc1cccc(C(C)Cc2c(C)ccc(C(C)C)c2C)c1. The number of benzene rings is 2. The van der Waals surface area contributed by atoms with Gasteiger partial charge in [0.15, 0.2) is 0 Å². The third kappa shape index (κ3) is 3.52. The van der Waals surface area contributed by atoms with E-state index in [-0.39, 0.29) is 0 Å². The van der Waals surface area contributed by atoms with Crippen molar-refractivity contribution in [3.05, 3.63) is 64.2 Å². The lowest BCUT2D eigenvalue weighted by molar-refractivity contribution is 0.414. The van der Waals surface area contributed by atoms with Gasteiger partial charge in [0.2, 0.25) is 0 Å². The van der Waals surface area contributed by atoms with Gasteiger partial charge in [0, 0.05) is 0 Å². The van der Waals surface area contributed by atoms with Crippen LogP contribution in [0.15, 0.2) is 36.4 Å². The second-order valence-electron chi connectivity index (χ2n) is 6.61. The molecule has 0 aliphatic carbocycles. The summed E-state index contributed by atoms with van der Waals surface area (Å²) >= 11 is 0. The van der Waals surface area contributed by atoms with Gasteiger partial charge in [-0.15, -0.1) is 0 Å². The Labute approximate surface area is 135 Å². The van der Waals surface area contributed by atoms with E-state index in [0.717, 1.165) is 12.2 Å². The molecule has 0 aromatic heterocycles. The van der Waals surface area contributed by atoms with Crippen LogP contribution in [0.4, 0.5) is 0 Å². The molecule has 0 bridgehead atoms. The average Bonchev–Trinajstić information content (AvgIpc) is 2.50. The van der Waals surface area contributed by atoms with Gasteiger partial charge >= 0.3 is 0 Å². The molecule has 118 valence electrons. The third-order valence-electron chi connectivity index (χ3n) is 4.67. The topological polar surface area (TPSA) is 9.23 Å². The highest BCUT2D eigenvalue weighted by Crippen LogP contribution is 2.30. The van der Waals surface area contributed by atoms with Crippen LogP contribution in [0.2, 0.25) is 0 Å². The highest BCUT2D eigenvalue weighted by molar-refractivity contribution is 5.42. The summed E-state index contributed by atoms with van der Waals surface area (Å²) in [4.78, 5) is 0. The summed E-state index contributed by atoms with van der Waals surface area (Å²) in [6, 6.07) is 13.0. The van der Waals surface area contributed by atoms with Gasteiger partial charge in [-0.05, 0) is 72.1 Å². The molecule has 2 rings (SSSR count). The molecule has 2 aromatic rings. The molecule has 1 nitrogen and oxygen atoms in total. The minimum atomic E-state index is 0.481. The van der Waals surface area contributed by atoms with E-state index in [1.807, 2.05) is 6.07 Å². The molecule has 0 fully saturated rings. The number of aryl methyl sites for hydroxylation is 1. The second kappa shape index (κ2) is 7.00. The summed E-state index contributed by atoms with van der Waals surface area (Å²) in [5.41, 5.74) is 7.18. The van der Waals surface area contributed by atoms with Crippen molar-refractivity contribution in [1.82, 2.24) is 0 Å². The van der Waals surface area contributed by atoms with Crippen LogP contribution >= 0.6 is 0 Å². The van der Waals surface area contributed by atoms with Gasteiger partial charge in [-0.3, -0.25) is 0 Å². The zero-order valence-electron chi connectivity index (χ0n) is 14.7. The van der Waals surface area contributed by atoms with Crippen molar-refractivity contribution >= 4 is 0 Å². The predicted molar refractivity (Wildman–Crippen MR) is 95.1 cm³/mol. The minimum absolute atomic E-state index is 0.481. The maximum Gasteiger partial charge on any atom is 0.119 e. The number of methoxy groups -OCH3 is 1. The van der Waals surface area contributed by atoms with E-state index in [2.05, 4.69) is 65.0 Å². The maximum atomic E-state index is 5.35. The van der Waals surface area contributed by atoms with E-state index in [0.29, 0.717) is 11.8 Å². The molecular formula is C21H28O. The van der Waals surface area contributed by atoms with Gasteiger partial charge in [-0.25, -0.2) is 0 Å². The van der Waals surface area contributed by atoms with Crippen LogP contribution < -0.4 is 4.74 Å². The molecular weight excluding hydrogens is 268 g/mol. The van der Waals surface area contributed by atoms with E-state index in [1.165, 1.54) is 27.8 Å². The van der Waals surface area contributed by atoms with Gasteiger partial charge in [0.1, 0.15) is 5.75 Å². The predicted octanol–water partition coefficient (Wildman–Crippen LogP) is 5.78. The van der Waals surface area contributed by atoms with Gasteiger partial charge in [-0.1, -0.05) is 45.0 Å². The summed E-state index contributed by atoms with van der Waals surface area (Å²) in [5, 5.41) is 0. The second-order valence-corrected chi connectivity index (χ2v) is 6.61. The first kappa shape index (κ1) is 16.6. The number of rotatable bonds is 5. The molecule has 22 heavy (non-hydrogen) atoms. The first-order chi connectivity index (χ1) is 10.4. The molecule has 0 aliphatic heterocycles. The molecule has 0 spiro atoms. The molecule has 1 unspecified atom stereocenters. The summed E-state index contributed by atoms with van der Waals surface area (Å²) in [7, 11) is 1.73. The highest BCUT2D eigenvalue weighted by Gasteiger charge is 2.14. The van der Waals surface area contributed by atoms with Crippen molar-refractivity contribution in [3.63, 3.8) is 0 Å². The van der Waals surface area contributed by atoms with Gasteiger partial charge in [-0.2, -0.15) is 0 Å². The molecule has 0 N–H and O–H groups in total. The molecule has 0 radical (unpaired) electrons. The fourth-order valence-electron chi connectivity index (χ4n) is 3.22. The van der Waals surface area contributed by atoms with E-state index in [4.69, 9.17) is 4.74 Å². The van der Waals surface area contributed by atoms with Crippen LogP contribution in [0.25, 0.3) is 0 Å². The Morgan fingerprint density at radius 3 is 2.36 bits per heavy atom. The van der Waals surface area contributed by atoms with E-state index < -0.39 is 0 Å². The van der Waals surface area contributed by atoms with Crippen LogP contribution in [-0.4, -0.2) is 7.11 Å². The Bertz CT molecular complexity index is 640. The van der Waals surface area contributed by atoms with E-state index in [9.17, 15) is 0 Å². The number of hydrogen-bond donors (Lipinski definition) is 0.